The Balaban J connectivity index is 1.44. The van der Waals surface area contributed by atoms with Crippen molar-refractivity contribution >= 4 is 33.4 Å². The fraction of sp³-hybridized carbons (Fsp3) is 0.318. The van der Waals surface area contributed by atoms with Gasteiger partial charge in [0, 0.05) is 43.7 Å². The van der Waals surface area contributed by atoms with Crippen molar-refractivity contribution in [1.82, 2.24) is 19.1 Å². The molecular weight excluding hydrogens is 446 g/mol. The molecule has 1 amide bonds. The molecule has 1 aromatic heterocycles. The maximum Gasteiger partial charge on any atom is 0.269 e. The number of hydrogen-bond acceptors (Lipinski definition) is 7. The number of carbonyl (C=O) groups excluding carboxylic acids is 1. The van der Waals surface area contributed by atoms with Gasteiger partial charge in [-0.2, -0.15) is 0 Å². The zero-order valence-corrected chi connectivity index (χ0v) is 19.9. The van der Waals surface area contributed by atoms with Crippen LogP contribution < -0.4 is 4.90 Å². The van der Waals surface area contributed by atoms with Crippen LogP contribution in [0, 0.1) is 0 Å². The van der Waals surface area contributed by atoms with Gasteiger partial charge in [0.05, 0.1) is 5.56 Å². The third kappa shape index (κ3) is 3.88. The van der Waals surface area contributed by atoms with Gasteiger partial charge >= 0.3 is 0 Å². The molecule has 0 unspecified atom stereocenters. The number of fused-ring (bicyclic) bond motifs is 1. The average molecular weight is 472 g/mol. The topological polar surface area (TPSA) is 88.4 Å². The number of anilines is 1. The Bertz CT molecular complexity index is 1230. The number of aromatic nitrogens is 3. The number of benzene rings is 2. The molecule has 0 aliphatic carbocycles. The van der Waals surface area contributed by atoms with E-state index in [1.807, 2.05) is 23.7 Å². The second-order valence-electron chi connectivity index (χ2n) is 7.31. The van der Waals surface area contributed by atoms with Gasteiger partial charge in [0.1, 0.15) is 4.90 Å². The van der Waals surface area contributed by atoms with Crippen LogP contribution in [0.5, 0.6) is 0 Å². The highest BCUT2D eigenvalue weighted by Crippen LogP contribution is 2.31. The largest absolute Gasteiger partial charge is 0.372 e. The summed E-state index contributed by atoms with van der Waals surface area (Å²) in [6, 6.07) is 14.5. The Morgan fingerprint density at radius 2 is 1.69 bits per heavy atom. The summed E-state index contributed by atoms with van der Waals surface area (Å²) in [6.45, 7) is 6.22. The first kappa shape index (κ1) is 22.3. The number of rotatable bonds is 8. The van der Waals surface area contributed by atoms with Crippen LogP contribution in [0.4, 0.5) is 5.69 Å². The van der Waals surface area contributed by atoms with Gasteiger partial charge in [-0.05, 0) is 50.2 Å². The molecule has 0 spiro atoms. The van der Waals surface area contributed by atoms with Crippen molar-refractivity contribution in [2.45, 2.75) is 23.9 Å². The lowest BCUT2D eigenvalue weighted by molar-refractivity contribution is 0.0876. The minimum atomic E-state index is -3.79. The van der Waals surface area contributed by atoms with Gasteiger partial charge in [0.25, 0.3) is 15.9 Å². The van der Waals surface area contributed by atoms with Crippen LogP contribution in [0.15, 0.2) is 58.6 Å². The average Bonchev–Trinajstić information content (AvgIpc) is 3.25. The van der Waals surface area contributed by atoms with Crippen LogP contribution in [-0.4, -0.2) is 58.8 Å². The van der Waals surface area contributed by atoms with E-state index in [1.165, 1.54) is 17.8 Å². The zero-order chi connectivity index (χ0) is 22.9. The standard InChI is InChI=1S/C22H25N5O3S2/c1-4-26(5-2)17-12-10-16(11-13-17)20-23-24-22(25(20)3)31-15-14-27-21(28)18-8-6-7-9-19(18)32(27,29)30/h6-13H,4-5,14-15H2,1-3H3. The summed E-state index contributed by atoms with van der Waals surface area (Å²) in [6.07, 6.45) is 0. The van der Waals surface area contributed by atoms with E-state index < -0.39 is 15.9 Å². The van der Waals surface area contributed by atoms with Gasteiger partial charge in [-0.25, -0.2) is 12.7 Å². The van der Waals surface area contributed by atoms with Crippen LogP contribution in [0.3, 0.4) is 0 Å². The lowest BCUT2D eigenvalue weighted by atomic mass is 10.2. The van der Waals surface area contributed by atoms with Crippen LogP contribution in [0.2, 0.25) is 0 Å². The quantitative estimate of drug-likeness (QED) is 0.466. The first-order chi connectivity index (χ1) is 15.4. The SMILES string of the molecule is CCN(CC)c1ccc(-c2nnc(SCCN3C(=O)c4ccccc4S3(=O)=O)n2C)cc1. The molecule has 0 radical (unpaired) electrons. The number of thioether (sulfide) groups is 1. The Labute approximate surface area is 192 Å². The molecule has 1 aliphatic rings. The third-order valence-corrected chi connectivity index (χ3v) is 8.37. The van der Waals surface area contributed by atoms with Crippen molar-refractivity contribution < 1.29 is 13.2 Å². The molecule has 32 heavy (non-hydrogen) atoms. The van der Waals surface area contributed by atoms with Crippen LogP contribution in [0.25, 0.3) is 11.4 Å². The molecule has 168 valence electrons. The van der Waals surface area contributed by atoms with Crippen molar-refractivity contribution in [2.24, 2.45) is 7.05 Å². The summed E-state index contributed by atoms with van der Waals surface area (Å²) in [5.41, 5.74) is 2.34. The van der Waals surface area contributed by atoms with Crippen molar-refractivity contribution in [3.05, 3.63) is 54.1 Å². The monoisotopic (exact) mass is 471 g/mol. The summed E-state index contributed by atoms with van der Waals surface area (Å²) in [5.74, 6) is 0.635. The molecule has 0 saturated carbocycles. The Morgan fingerprint density at radius 3 is 2.34 bits per heavy atom. The van der Waals surface area contributed by atoms with Gasteiger partial charge in [0.15, 0.2) is 11.0 Å². The normalized spacial score (nSPS) is 14.6. The summed E-state index contributed by atoms with van der Waals surface area (Å²) >= 11 is 1.37. The Kier molecular flexibility index (Phi) is 6.25. The van der Waals surface area contributed by atoms with E-state index >= 15 is 0 Å². The van der Waals surface area contributed by atoms with Crippen LogP contribution in [-0.2, 0) is 17.1 Å². The number of hydrogen-bond donors (Lipinski definition) is 0. The molecule has 10 heteroatoms. The second kappa shape index (κ2) is 8.95. The van der Waals surface area contributed by atoms with E-state index in [2.05, 4.69) is 41.1 Å². The van der Waals surface area contributed by atoms with Crippen molar-refractivity contribution in [3.63, 3.8) is 0 Å². The van der Waals surface area contributed by atoms with Crippen molar-refractivity contribution in [3.8, 4) is 11.4 Å². The minimum absolute atomic E-state index is 0.0707. The Hall–Kier alpha value is -2.85. The summed E-state index contributed by atoms with van der Waals surface area (Å²) in [7, 11) is -1.91. The number of carbonyl (C=O) groups is 1. The molecule has 0 saturated heterocycles. The van der Waals surface area contributed by atoms with Gasteiger partial charge < -0.3 is 9.47 Å². The molecule has 0 fully saturated rings. The highest BCUT2D eigenvalue weighted by molar-refractivity contribution is 7.99. The molecule has 3 aromatic rings. The molecule has 4 rings (SSSR count). The number of amides is 1. The summed E-state index contributed by atoms with van der Waals surface area (Å²) in [4.78, 5) is 14.9. The van der Waals surface area contributed by atoms with Gasteiger partial charge in [-0.15, -0.1) is 10.2 Å². The van der Waals surface area contributed by atoms with Crippen molar-refractivity contribution in [1.29, 1.82) is 0 Å². The van der Waals surface area contributed by atoms with Crippen LogP contribution >= 0.6 is 11.8 Å². The van der Waals surface area contributed by atoms with Crippen molar-refractivity contribution in [2.75, 3.05) is 30.3 Å². The maximum absolute atomic E-state index is 12.7. The number of sulfonamides is 1. The minimum Gasteiger partial charge on any atom is -0.372 e. The highest BCUT2D eigenvalue weighted by Gasteiger charge is 2.40. The van der Waals surface area contributed by atoms with E-state index in [9.17, 15) is 13.2 Å². The van der Waals surface area contributed by atoms with E-state index in [-0.39, 0.29) is 17.0 Å². The van der Waals surface area contributed by atoms with E-state index in [0.29, 0.717) is 10.9 Å². The molecule has 0 atom stereocenters. The van der Waals surface area contributed by atoms with Gasteiger partial charge in [-0.1, -0.05) is 23.9 Å². The molecule has 0 N–H and O–H groups in total. The van der Waals surface area contributed by atoms with E-state index in [4.69, 9.17) is 0 Å². The first-order valence-corrected chi connectivity index (χ1v) is 12.8. The number of nitrogens with zero attached hydrogens (tertiary/aromatic N) is 5. The summed E-state index contributed by atoms with van der Waals surface area (Å²) in [5, 5.41) is 9.22. The molecule has 8 nitrogen and oxygen atoms in total. The fourth-order valence-corrected chi connectivity index (χ4v) is 6.29. The van der Waals surface area contributed by atoms with E-state index in [1.54, 1.807) is 18.2 Å². The molecule has 2 heterocycles. The second-order valence-corrected chi connectivity index (χ2v) is 10.2. The van der Waals surface area contributed by atoms with Crippen LogP contribution in [0.1, 0.15) is 24.2 Å². The lowest BCUT2D eigenvalue weighted by Crippen LogP contribution is -2.32. The molecule has 1 aliphatic heterocycles. The van der Waals surface area contributed by atoms with Gasteiger partial charge in [0.2, 0.25) is 0 Å². The Morgan fingerprint density at radius 1 is 1.00 bits per heavy atom. The molecule has 2 aromatic carbocycles. The summed E-state index contributed by atoms with van der Waals surface area (Å²) < 4.78 is 28.2. The predicted octanol–water partition coefficient (Wildman–Crippen LogP) is 3.27. The van der Waals surface area contributed by atoms with Gasteiger partial charge in [-0.3, -0.25) is 4.79 Å². The first-order valence-electron chi connectivity index (χ1n) is 10.4. The molecular formula is C22H25N5O3S2. The highest BCUT2D eigenvalue weighted by atomic mass is 32.2. The molecule has 0 bridgehead atoms. The maximum atomic E-state index is 12.7. The fourth-order valence-electron chi connectivity index (χ4n) is 3.77. The van der Waals surface area contributed by atoms with E-state index in [0.717, 1.165) is 34.5 Å². The predicted molar refractivity (Wildman–Crippen MR) is 125 cm³/mol. The zero-order valence-electron chi connectivity index (χ0n) is 18.2. The lowest BCUT2D eigenvalue weighted by Gasteiger charge is -2.21. The smallest absolute Gasteiger partial charge is 0.269 e. The third-order valence-electron chi connectivity index (χ3n) is 5.53.